The number of nitrogens with zero attached hydrogens (tertiary/aromatic N) is 2. The molecule has 2 aromatic carbocycles. The summed E-state index contributed by atoms with van der Waals surface area (Å²) >= 11 is 6.08. The van der Waals surface area contributed by atoms with E-state index in [9.17, 15) is 13.2 Å². The zero-order valence-corrected chi connectivity index (χ0v) is 19.1. The van der Waals surface area contributed by atoms with E-state index < -0.39 is 10.0 Å². The zero-order chi connectivity index (χ0) is 20.8. The lowest BCUT2D eigenvalue weighted by Crippen LogP contribution is -2.44. The summed E-state index contributed by atoms with van der Waals surface area (Å²) in [5.41, 5.74) is 3.70. The van der Waals surface area contributed by atoms with Gasteiger partial charge in [-0.1, -0.05) is 41.4 Å². The third-order valence-electron chi connectivity index (χ3n) is 5.82. The monoisotopic (exact) mass is 469 g/mol. The zero-order valence-electron chi connectivity index (χ0n) is 16.7. The SMILES string of the molecule is Cc1ccc(CN2CCC(N3Cc4cc(Cl)c(S(N)(=O)=O)cc4C3=O)CC2)cc1.Cl. The van der Waals surface area contributed by atoms with Crippen LogP contribution in [0.1, 0.15) is 39.9 Å². The number of sulfonamides is 1. The highest BCUT2D eigenvalue weighted by Gasteiger charge is 2.35. The Morgan fingerprint density at radius 1 is 1.13 bits per heavy atom. The van der Waals surface area contributed by atoms with Crippen LogP contribution in [0.2, 0.25) is 5.02 Å². The number of carbonyl (C=O) groups is 1. The van der Waals surface area contributed by atoms with Crippen LogP contribution in [0.15, 0.2) is 41.3 Å². The summed E-state index contributed by atoms with van der Waals surface area (Å²) in [4.78, 5) is 17.0. The molecule has 0 aliphatic carbocycles. The number of primary sulfonamides is 1. The van der Waals surface area contributed by atoms with Gasteiger partial charge in [-0.15, -0.1) is 12.4 Å². The van der Waals surface area contributed by atoms with E-state index in [0.717, 1.165) is 38.0 Å². The Kier molecular flexibility index (Phi) is 6.79. The van der Waals surface area contributed by atoms with Crippen LogP contribution in [0.4, 0.5) is 0 Å². The van der Waals surface area contributed by atoms with Gasteiger partial charge in [-0.25, -0.2) is 13.6 Å². The summed E-state index contributed by atoms with van der Waals surface area (Å²) in [6, 6.07) is 11.6. The molecule has 1 fully saturated rings. The molecule has 1 saturated heterocycles. The van der Waals surface area contributed by atoms with Gasteiger partial charge in [0.2, 0.25) is 10.0 Å². The number of hydrogen-bond acceptors (Lipinski definition) is 4. The highest BCUT2D eigenvalue weighted by Crippen LogP contribution is 2.33. The number of likely N-dealkylation sites (tertiary alicyclic amines) is 1. The second kappa shape index (κ2) is 8.85. The number of amides is 1. The number of nitrogens with two attached hydrogens (primary N) is 1. The molecule has 0 atom stereocenters. The third-order valence-corrected chi connectivity index (χ3v) is 7.20. The van der Waals surface area contributed by atoms with E-state index >= 15 is 0 Å². The topological polar surface area (TPSA) is 83.7 Å². The van der Waals surface area contributed by atoms with Crippen LogP contribution in [0.25, 0.3) is 0 Å². The maximum Gasteiger partial charge on any atom is 0.254 e. The normalized spacial score (nSPS) is 17.7. The number of rotatable bonds is 4. The van der Waals surface area contributed by atoms with Crippen LogP contribution in [-0.4, -0.2) is 43.3 Å². The molecule has 30 heavy (non-hydrogen) atoms. The molecule has 1 amide bonds. The molecule has 0 aromatic heterocycles. The number of carbonyl (C=O) groups excluding carboxylic acids is 1. The summed E-state index contributed by atoms with van der Waals surface area (Å²) in [7, 11) is -3.97. The molecule has 0 radical (unpaired) electrons. The van der Waals surface area contributed by atoms with Crippen molar-refractivity contribution >= 4 is 39.9 Å². The lowest BCUT2D eigenvalue weighted by Gasteiger charge is -2.36. The van der Waals surface area contributed by atoms with E-state index in [4.69, 9.17) is 16.7 Å². The molecule has 0 spiro atoms. The lowest BCUT2D eigenvalue weighted by atomic mass is 10.0. The van der Waals surface area contributed by atoms with Crippen molar-refractivity contribution < 1.29 is 13.2 Å². The minimum Gasteiger partial charge on any atom is -0.331 e. The van der Waals surface area contributed by atoms with Crippen LogP contribution in [0, 0.1) is 6.92 Å². The van der Waals surface area contributed by atoms with Gasteiger partial charge in [-0.2, -0.15) is 0 Å². The van der Waals surface area contributed by atoms with Crippen molar-refractivity contribution in [3.8, 4) is 0 Å². The average molecular weight is 470 g/mol. The van der Waals surface area contributed by atoms with E-state index in [0.29, 0.717) is 12.1 Å². The molecule has 0 unspecified atom stereocenters. The molecular formula is C21H25Cl2N3O3S. The maximum absolute atomic E-state index is 12.9. The van der Waals surface area contributed by atoms with E-state index in [-0.39, 0.29) is 34.3 Å². The number of aryl methyl sites for hydroxylation is 1. The predicted octanol–water partition coefficient (Wildman–Crippen LogP) is 3.34. The van der Waals surface area contributed by atoms with Crippen molar-refractivity contribution in [2.24, 2.45) is 5.14 Å². The van der Waals surface area contributed by atoms with Crippen molar-refractivity contribution in [1.29, 1.82) is 0 Å². The molecule has 6 nitrogen and oxygen atoms in total. The Morgan fingerprint density at radius 3 is 2.37 bits per heavy atom. The van der Waals surface area contributed by atoms with Gasteiger partial charge in [0.15, 0.2) is 0 Å². The number of halogens is 2. The van der Waals surface area contributed by atoms with Gasteiger partial charge >= 0.3 is 0 Å². The first-order chi connectivity index (χ1) is 13.7. The van der Waals surface area contributed by atoms with E-state index in [1.165, 1.54) is 17.2 Å². The molecule has 4 rings (SSSR count). The first-order valence-corrected chi connectivity index (χ1v) is 11.6. The molecule has 2 aliphatic heterocycles. The van der Waals surface area contributed by atoms with Gasteiger partial charge < -0.3 is 4.90 Å². The van der Waals surface area contributed by atoms with E-state index in [1.807, 2.05) is 4.90 Å². The van der Waals surface area contributed by atoms with Crippen LogP contribution >= 0.6 is 24.0 Å². The third kappa shape index (κ3) is 4.65. The Balaban J connectivity index is 0.00000256. The smallest absolute Gasteiger partial charge is 0.254 e. The quantitative estimate of drug-likeness (QED) is 0.743. The van der Waals surface area contributed by atoms with Gasteiger partial charge in [0.05, 0.1) is 5.02 Å². The molecule has 2 aliphatic rings. The van der Waals surface area contributed by atoms with Crippen molar-refractivity contribution in [3.63, 3.8) is 0 Å². The predicted molar refractivity (Wildman–Crippen MR) is 119 cm³/mol. The van der Waals surface area contributed by atoms with Crippen molar-refractivity contribution in [2.45, 2.75) is 43.8 Å². The molecule has 0 saturated carbocycles. The van der Waals surface area contributed by atoms with Crippen LogP contribution < -0.4 is 5.14 Å². The van der Waals surface area contributed by atoms with E-state index in [2.05, 4.69) is 36.1 Å². The van der Waals surface area contributed by atoms with Gasteiger partial charge in [0.25, 0.3) is 5.91 Å². The van der Waals surface area contributed by atoms with Crippen molar-refractivity contribution in [3.05, 3.63) is 63.7 Å². The highest BCUT2D eigenvalue weighted by atomic mass is 35.5. The molecular weight excluding hydrogens is 445 g/mol. The average Bonchev–Trinajstić information content (AvgIpc) is 2.98. The van der Waals surface area contributed by atoms with E-state index in [1.54, 1.807) is 6.07 Å². The first kappa shape index (κ1) is 23.0. The Labute approximate surface area is 188 Å². The Hall–Kier alpha value is -1.64. The van der Waals surface area contributed by atoms with Gasteiger partial charge in [-0.3, -0.25) is 9.69 Å². The first-order valence-electron chi connectivity index (χ1n) is 9.66. The second-order valence-electron chi connectivity index (χ2n) is 7.91. The minimum absolute atomic E-state index is 0. The Morgan fingerprint density at radius 2 is 1.77 bits per heavy atom. The van der Waals surface area contributed by atoms with Crippen molar-refractivity contribution in [2.75, 3.05) is 13.1 Å². The number of fused-ring (bicyclic) bond motifs is 1. The number of benzene rings is 2. The molecule has 2 N–H and O–H groups in total. The molecule has 9 heteroatoms. The van der Waals surface area contributed by atoms with Gasteiger partial charge in [0, 0.05) is 37.8 Å². The van der Waals surface area contributed by atoms with Crippen LogP contribution in [-0.2, 0) is 23.1 Å². The summed E-state index contributed by atoms with van der Waals surface area (Å²) < 4.78 is 23.4. The molecule has 0 bridgehead atoms. The summed E-state index contributed by atoms with van der Waals surface area (Å²) in [6.07, 6.45) is 1.78. The summed E-state index contributed by atoms with van der Waals surface area (Å²) in [5, 5.41) is 5.28. The lowest BCUT2D eigenvalue weighted by molar-refractivity contribution is 0.0590. The van der Waals surface area contributed by atoms with Crippen LogP contribution in [0.3, 0.4) is 0 Å². The maximum atomic E-state index is 12.9. The standard InChI is InChI=1S/C21H24ClN3O3S.ClH/c1-14-2-4-15(5-3-14)12-24-8-6-17(7-9-24)25-13-16-10-19(22)20(29(23,27)28)11-18(16)21(25)26;/h2-5,10-11,17H,6-9,12-13H2,1H3,(H2,23,27,28);1H. The van der Waals surface area contributed by atoms with Gasteiger partial charge in [-0.05, 0) is 43.0 Å². The van der Waals surface area contributed by atoms with Crippen LogP contribution in [0.5, 0.6) is 0 Å². The van der Waals surface area contributed by atoms with Crippen molar-refractivity contribution in [1.82, 2.24) is 9.80 Å². The fraction of sp³-hybridized carbons (Fsp3) is 0.381. The number of hydrogen-bond donors (Lipinski definition) is 1. The largest absolute Gasteiger partial charge is 0.331 e. The summed E-state index contributed by atoms with van der Waals surface area (Å²) in [6.45, 7) is 5.29. The second-order valence-corrected chi connectivity index (χ2v) is 9.85. The fourth-order valence-electron chi connectivity index (χ4n) is 4.19. The fourth-order valence-corrected chi connectivity index (χ4v) is 5.31. The van der Waals surface area contributed by atoms with Gasteiger partial charge in [0.1, 0.15) is 4.90 Å². The summed E-state index contributed by atoms with van der Waals surface area (Å²) in [5.74, 6) is -0.140. The molecule has 162 valence electrons. The molecule has 2 heterocycles. The number of piperidine rings is 1. The highest BCUT2D eigenvalue weighted by molar-refractivity contribution is 7.89. The Bertz CT molecular complexity index is 1050. The minimum atomic E-state index is -3.97. The molecule has 2 aromatic rings.